The van der Waals surface area contributed by atoms with Gasteiger partial charge in [-0.1, -0.05) is 12.2 Å². The maximum Gasteiger partial charge on any atom is 0.165 e. The summed E-state index contributed by atoms with van der Waals surface area (Å²) in [7, 11) is 6.63. The molecule has 0 aliphatic heterocycles. The summed E-state index contributed by atoms with van der Waals surface area (Å²) >= 11 is 0. The molecule has 0 aromatic rings. The zero-order valence-corrected chi connectivity index (χ0v) is 11.7. The van der Waals surface area contributed by atoms with Crippen LogP contribution in [0.25, 0.3) is 0 Å². The third-order valence-electron chi connectivity index (χ3n) is 2.89. The van der Waals surface area contributed by atoms with Crippen LogP contribution in [0.5, 0.6) is 0 Å². The fraction of sp³-hybridized carbons (Fsp3) is 0.846. The fourth-order valence-electron chi connectivity index (χ4n) is 1.43. The molecule has 0 N–H and O–H groups in total. The molecular weight excluding hydrogens is 220 g/mol. The maximum atomic E-state index is 5.27. The van der Waals surface area contributed by atoms with E-state index in [1.54, 1.807) is 28.4 Å². The molecule has 0 saturated carbocycles. The fourth-order valence-corrected chi connectivity index (χ4v) is 1.43. The highest BCUT2D eigenvalue weighted by atomic mass is 16.7. The molecule has 0 rings (SSSR count). The molecule has 0 aliphatic carbocycles. The molecule has 0 aromatic carbocycles. The van der Waals surface area contributed by atoms with E-state index in [1.807, 2.05) is 6.92 Å². The van der Waals surface area contributed by atoms with Crippen LogP contribution >= 0.6 is 0 Å². The average Bonchev–Trinajstić information content (AvgIpc) is 2.37. The van der Waals surface area contributed by atoms with Gasteiger partial charge in [0.05, 0.1) is 0 Å². The van der Waals surface area contributed by atoms with E-state index in [-0.39, 0.29) is 6.29 Å². The lowest BCUT2D eigenvalue weighted by Crippen LogP contribution is -2.29. The summed E-state index contributed by atoms with van der Waals surface area (Å²) in [4.78, 5) is 0. The zero-order valence-electron chi connectivity index (χ0n) is 11.7. The van der Waals surface area contributed by atoms with Gasteiger partial charge in [0, 0.05) is 41.3 Å². The highest BCUT2D eigenvalue weighted by Crippen LogP contribution is 2.17. The number of hydrogen-bond acceptors (Lipinski definition) is 4. The quantitative estimate of drug-likeness (QED) is 0.439. The van der Waals surface area contributed by atoms with Gasteiger partial charge in [-0.15, -0.1) is 0 Å². The van der Waals surface area contributed by atoms with Gasteiger partial charge >= 0.3 is 0 Å². The first-order valence-corrected chi connectivity index (χ1v) is 5.92. The van der Waals surface area contributed by atoms with Crippen molar-refractivity contribution in [3.63, 3.8) is 0 Å². The molecule has 0 fully saturated rings. The summed E-state index contributed by atoms with van der Waals surface area (Å²) in [5, 5.41) is 0. The smallest absolute Gasteiger partial charge is 0.165 e. The predicted octanol–water partition coefficient (Wildman–Crippen LogP) is 2.73. The molecule has 0 spiro atoms. The van der Waals surface area contributed by atoms with Crippen LogP contribution < -0.4 is 0 Å². The minimum absolute atomic E-state index is 0.108. The van der Waals surface area contributed by atoms with E-state index in [9.17, 15) is 0 Å². The summed E-state index contributed by atoms with van der Waals surface area (Å²) < 4.78 is 20.7. The lowest BCUT2D eigenvalue weighted by atomic mass is 10.1. The third kappa shape index (κ3) is 7.49. The Balaban J connectivity index is 3.67. The van der Waals surface area contributed by atoms with Gasteiger partial charge in [0.2, 0.25) is 0 Å². The molecule has 0 heterocycles. The van der Waals surface area contributed by atoms with Crippen LogP contribution in [0.4, 0.5) is 0 Å². The molecule has 0 atom stereocenters. The molecule has 0 saturated heterocycles. The van der Waals surface area contributed by atoms with Gasteiger partial charge in [-0.3, -0.25) is 0 Å². The third-order valence-corrected chi connectivity index (χ3v) is 2.89. The van der Waals surface area contributed by atoms with Crippen molar-refractivity contribution in [1.82, 2.24) is 0 Å². The lowest BCUT2D eigenvalue weighted by Gasteiger charge is -2.25. The Morgan fingerprint density at radius 2 is 1.47 bits per heavy atom. The maximum absolute atomic E-state index is 5.27. The van der Waals surface area contributed by atoms with Crippen LogP contribution in [0.3, 0.4) is 0 Å². The highest BCUT2D eigenvalue weighted by molar-refractivity contribution is 4.83. The largest absolute Gasteiger partial charge is 0.356 e. The first-order valence-electron chi connectivity index (χ1n) is 5.92. The van der Waals surface area contributed by atoms with Crippen molar-refractivity contribution in [3.8, 4) is 0 Å². The first kappa shape index (κ1) is 16.6. The molecule has 17 heavy (non-hydrogen) atoms. The Morgan fingerprint density at radius 3 is 1.94 bits per heavy atom. The van der Waals surface area contributed by atoms with E-state index in [0.717, 1.165) is 25.7 Å². The molecule has 102 valence electrons. The van der Waals surface area contributed by atoms with E-state index in [2.05, 4.69) is 12.2 Å². The Labute approximate surface area is 105 Å². The number of ether oxygens (including phenoxy) is 4. The molecule has 0 radical (unpaired) electrons. The van der Waals surface area contributed by atoms with Crippen molar-refractivity contribution >= 4 is 0 Å². The van der Waals surface area contributed by atoms with Crippen LogP contribution in [-0.4, -0.2) is 40.5 Å². The zero-order chi connectivity index (χ0) is 13.1. The number of methoxy groups -OCH3 is 4. The summed E-state index contributed by atoms with van der Waals surface area (Å²) in [6.45, 7) is 1.94. The van der Waals surface area contributed by atoms with Crippen molar-refractivity contribution in [3.05, 3.63) is 12.2 Å². The van der Waals surface area contributed by atoms with Crippen molar-refractivity contribution in [2.24, 2.45) is 0 Å². The minimum atomic E-state index is -0.480. The van der Waals surface area contributed by atoms with Gasteiger partial charge < -0.3 is 18.9 Å². The number of hydrogen-bond donors (Lipinski definition) is 0. The van der Waals surface area contributed by atoms with E-state index < -0.39 is 5.79 Å². The topological polar surface area (TPSA) is 36.9 Å². The number of rotatable bonds is 10. The van der Waals surface area contributed by atoms with Crippen LogP contribution in [0.2, 0.25) is 0 Å². The first-order chi connectivity index (χ1) is 8.11. The standard InChI is InChI=1S/C13H26O4/c1-13(16-4,17-5)11-9-7-6-8-10-12(14-2)15-3/h6-7,12H,8-11H2,1-5H3/b7-6-. The van der Waals surface area contributed by atoms with Crippen molar-refractivity contribution in [2.75, 3.05) is 28.4 Å². The second-order valence-electron chi connectivity index (χ2n) is 4.03. The molecule has 0 aliphatic rings. The van der Waals surface area contributed by atoms with Crippen LogP contribution in [0, 0.1) is 0 Å². The molecule has 0 bridgehead atoms. The van der Waals surface area contributed by atoms with Gasteiger partial charge in [0.25, 0.3) is 0 Å². The van der Waals surface area contributed by atoms with Gasteiger partial charge in [-0.2, -0.15) is 0 Å². The Kier molecular flexibility index (Phi) is 9.36. The van der Waals surface area contributed by atoms with E-state index in [4.69, 9.17) is 18.9 Å². The Morgan fingerprint density at radius 1 is 0.941 bits per heavy atom. The molecule has 0 amide bonds. The normalized spacial score (nSPS) is 12.8. The second kappa shape index (κ2) is 9.59. The Hall–Kier alpha value is -0.420. The SMILES string of the molecule is COC(CC/C=C\CCC(C)(OC)OC)OC. The van der Waals surface area contributed by atoms with Crippen LogP contribution in [0.1, 0.15) is 32.6 Å². The molecular formula is C13H26O4. The summed E-state index contributed by atoms with van der Waals surface area (Å²) in [6, 6.07) is 0. The molecule has 4 heteroatoms. The van der Waals surface area contributed by atoms with E-state index in [1.165, 1.54) is 0 Å². The molecule has 0 aromatic heterocycles. The van der Waals surface area contributed by atoms with Crippen molar-refractivity contribution < 1.29 is 18.9 Å². The van der Waals surface area contributed by atoms with Gasteiger partial charge in [0.1, 0.15) is 0 Å². The predicted molar refractivity (Wildman–Crippen MR) is 67.8 cm³/mol. The number of allylic oxidation sites excluding steroid dienone is 2. The molecule has 0 unspecified atom stereocenters. The lowest BCUT2D eigenvalue weighted by molar-refractivity contribution is -0.196. The van der Waals surface area contributed by atoms with Gasteiger partial charge in [0.15, 0.2) is 12.1 Å². The Bertz CT molecular complexity index is 196. The van der Waals surface area contributed by atoms with Crippen molar-refractivity contribution in [1.29, 1.82) is 0 Å². The minimum Gasteiger partial charge on any atom is -0.356 e. The van der Waals surface area contributed by atoms with Gasteiger partial charge in [-0.05, 0) is 19.8 Å². The van der Waals surface area contributed by atoms with E-state index in [0.29, 0.717) is 0 Å². The second-order valence-corrected chi connectivity index (χ2v) is 4.03. The summed E-state index contributed by atoms with van der Waals surface area (Å²) in [6.07, 6.45) is 7.76. The van der Waals surface area contributed by atoms with Crippen LogP contribution in [-0.2, 0) is 18.9 Å². The highest BCUT2D eigenvalue weighted by Gasteiger charge is 2.20. The van der Waals surface area contributed by atoms with Gasteiger partial charge in [-0.25, -0.2) is 0 Å². The van der Waals surface area contributed by atoms with Crippen molar-refractivity contribution in [2.45, 2.75) is 44.7 Å². The summed E-state index contributed by atoms with van der Waals surface area (Å²) in [5.41, 5.74) is 0. The molecule has 4 nitrogen and oxygen atoms in total. The average molecular weight is 246 g/mol. The van der Waals surface area contributed by atoms with Crippen LogP contribution in [0.15, 0.2) is 12.2 Å². The summed E-state index contributed by atoms with van der Waals surface area (Å²) in [5.74, 6) is -0.480. The van der Waals surface area contributed by atoms with E-state index >= 15 is 0 Å². The monoisotopic (exact) mass is 246 g/mol.